The van der Waals surface area contributed by atoms with E-state index in [1.54, 1.807) is 12.1 Å². The van der Waals surface area contributed by atoms with Crippen molar-refractivity contribution >= 4 is 5.97 Å². The molecule has 0 spiro atoms. The van der Waals surface area contributed by atoms with Gasteiger partial charge in [0.25, 0.3) is 0 Å². The minimum Gasteiger partial charge on any atom is -0.457 e. The molecule has 122 valence electrons. The van der Waals surface area contributed by atoms with Crippen LogP contribution in [0.3, 0.4) is 0 Å². The van der Waals surface area contributed by atoms with Gasteiger partial charge in [0, 0.05) is 0 Å². The Morgan fingerprint density at radius 3 is 2.05 bits per heavy atom. The van der Waals surface area contributed by atoms with Crippen LogP contribution in [-0.2, 0) is 4.74 Å². The summed E-state index contributed by atoms with van der Waals surface area (Å²) in [6.45, 7) is 2.19. The molecule has 2 aliphatic rings. The van der Waals surface area contributed by atoms with Crippen LogP contribution in [0.1, 0.15) is 81.7 Å². The van der Waals surface area contributed by atoms with E-state index in [1.807, 2.05) is 0 Å². The van der Waals surface area contributed by atoms with Gasteiger partial charge in [0.15, 0.2) is 0 Å². The zero-order valence-corrected chi connectivity index (χ0v) is 13.7. The van der Waals surface area contributed by atoms with E-state index in [9.17, 15) is 4.79 Å². The standard InChI is InChI=1S/C19H28O3/c1-19(15-9-4-2-5-10-15,16-11-6-3-7-12-16)22-18(20)17-13-8-14-21-17/h8,13-16H,2-7,9-12H2,1H3. The first-order chi connectivity index (χ1) is 10.7. The first-order valence-electron chi connectivity index (χ1n) is 8.97. The van der Waals surface area contributed by atoms with Crippen molar-refractivity contribution in [1.82, 2.24) is 0 Å². The average Bonchev–Trinajstić information content (AvgIpc) is 3.11. The molecule has 2 saturated carbocycles. The summed E-state index contributed by atoms with van der Waals surface area (Å²) in [6, 6.07) is 3.44. The van der Waals surface area contributed by atoms with Crippen LogP contribution in [0.2, 0.25) is 0 Å². The zero-order valence-electron chi connectivity index (χ0n) is 13.7. The van der Waals surface area contributed by atoms with Gasteiger partial charge in [-0.25, -0.2) is 4.79 Å². The molecule has 3 rings (SSSR count). The number of ether oxygens (including phenoxy) is 1. The third kappa shape index (κ3) is 3.23. The Balaban J connectivity index is 1.79. The van der Waals surface area contributed by atoms with Gasteiger partial charge in [-0.2, -0.15) is 0 Å². The average molecular weight is 304 g/mol. The quantitative estimate of drug-likeness (QED) is 0.703. The van der Waals surface area contributed by atoms with Gasteiger partial charge < -0.3 is 9.15 Å². The second-order valence-corrected chi connectivity index (χ2v) is 7.22. The van der Waals surface area contributed by atoms with Crippen LogP contribution in [0.5, 0.6) is 0 Å². The summed E-state index contributed by atoms with van der Waals surface area (Å²) in [7, 11) is 0. The van der Waals surface area contributed by atoms with Gasteiger partial charge in [0.1, 0.15) is 5.60 Å². The van der Waals surface area contributed by atoms with Gasteiger partial charge in [0.2, 0.25) is 5.76 Å². The van der Waals surface area contributed by atoms with Crippen molar-refractivity contribution in [3.05, 3.63) is 24.2 Å². The maximum absolute atomic E-state index is 12.5. The normalized spacial score (nSPS) is 21.7. The van der Waals surface area contributed by atoms with Crippen LogP contribution >= 0.6 is 0 Å². The summed E-state index contributed by atoms with van der Waals surface area (Å²) in [6.07, 6.45) is 14.0. The molecular formula is C19H28O3. The highest BCUT2D eigenvalue weighted by molar-refractivity contribution is 5.86. The lowest BCUT2D eigenvalue weighted by Crippen LogP contribution is -2.48. The van der Waals surface area contributed by atoms with Gasteiger partial charge in [-0.15, -0.1) is 0 Å². The Morgan fingerprint density at radius 2 is 1.59 bits per heavy atom. The second-order valence-electron chi connectivity index (χ2n) is 7.22. The Hall–Kier alpha value is -1.25. The summed E-state index contributed by atoms with van der Waals surface area (Å²) in [4.78, 5) is 12.5. The minimum absolute atomic E-state index is 0.288. The molecule has 0 atom stereocenters. The fourth-order valence-electron chi connectivity index (χ4n) is 4.50. The molecule has 22 heavy (non-hydrogen) atoms. The topological polar surface area (TPSA) is 39.4 Å². The van der Waals surface area contributed by atoms with Crippen molar-refractivity contribution in [1.29, 1.82) is 0 Å². The molecule has 2 aliphatic carbocycles. The molecule has 1 aromatic rings. The Labute approximate surface area is 133 Å². The molecular weight excluding hydrogens is 276 g/mol. The Kier molecular flexibility index (Phi) is 4.90. The smallest absolute Gasteiger partial charge is 0.374 e. The highest BCUT2D eigenvalue weighted by Crippen LogP contribution is 2.45. The minimum atomic E-state index is -0.329. The monoisotopic (exact) mass is 304 g/mol. The Morgan fingerprint density at radius 1 is 1.05 bits per heavy atom. The van der Waals surface area contributed by atoms with E-state index < -0.39 is 0 Å². The maximum atomic E-state index is 12.5. The lowest BCUT2D eigenvalue weighted by atomic mass is 9.67. The van der Waals surface area contributed by atoms with Crippen molar-refractivity contribution in [2.24, 2.45) is 11.8 Å². The molecule has 1 aromatic heterocycles. The van der Waals surface area contributed by atoms with Crippen LogP contribution < -0.4 is 0 Å². The predicted molar refractivity (Wildman–Crippen MR) is 85.7 cm³/mol. The van der Waals surface area contributed by atoms with Gasteiger partial charge in [-0.3, -0.25) is 0 Å². The van der Waals surface area contributed by atoms with Crippen molar-refractivity contribution in [2.75, 3.05) is 0 Å². The molecule has 3 heteroatoms. The number of rotatable bonds is 4. The zero-order chi connectivity index (χ0) is 15.4. The van der Waals surface area contributed by atoms with E-state index in [0.717, 1.165) is 0 Å². The molecule has 2 fully saturated rings. The highest BCUT2D eigenvalue weighted by Gasteiger charge is 2.45. The number of carbonyl (C=O) groups excluding carboxylic acids is 1. The summed E-state index contributed by atoms with van der Waals surface area (Å²) < 4.78 is 11.4. The van der Waals surface area contributed by atoms with Gasteiger partial charge in [-0.1, -0.05) is 38.5 Å². The van der Waals surface area contributed by atoms with Gasteiger partial charge in [-0.05, 0) is 56.6 Å². The van der Waals surface area contributed by atoms with Crippen molar-refractivity contribution in [2.45, 2.75) is 76.7 Å². The van der Waals surface area contributed by atoms with Crippen LogP contribution in [0, 0.1) is 11.8 Å². The first kappa shape index (κ1) is 15.6. The Bertz CT molecular complexity index is 447. The lowest BCUT2D eigenvalue weighted by Gasteiger charge is -2.46. The number of hydrogen-bond donors (Lipinski definition) is 0. The first-order valence-corrected chi connectivity index (χ1v) is 8.97. The molecule has 3 nitrogen and oxygen atoms in total. The van der Waals surface area contributed by atoms with E-state index in [2.05, 4.69) is 6.92 Å². The predicted octanol–water partition coefficient (Wildman–Crippen LogP) is 5.36. The number of carbonyl (C=O) groups is 1. The largest absolute Gasteiger partial charge is 0.457 e. The molecule has 1 heterocycles. The van der Waals surface area contributed by atoms with E-state index >= 15 is 0 Å². The molecule has 0 saturated heterocycles. The molecule has 0 aromatic carbocycles. The van der Waals surface area contributed by atoms with E-state index in [4.69, 9.17) is 9.15 Å². The molecule has 0 aliphatic heterocycles. The fourth-order valence-corrected chi connectivity index (χ4v) is 4.50. The molecule has 0 bridgehead atoms. The maximum Gasteiger partial charge on any atom is 0.374 e. The molecule has 0 radical (unpaired) electrons. The van der Waals surface area contributed by atoms with Crippen molar-refractivity contribution < 1.29 is 13.9 Å². The van der Waals surface area contributed by atoms with Gasteiger partial charge in [0.05, 0.1) is 6.26 Å². The molecule has 0 N–H and O–H groups in total. The van der Waals surface area contributed by atoms with Crippen molar-refractivity contribution in [3.63, 3.8) is 0 Å². The van der Waals surface area contributed by atoms with E-state index in [1.165, 1.54) is 70.5 Å². The number of esters is 1. The SMILES string of the molecule is CC(OC(=O)c1ccco1)(C1CCCCC1)C1CCCCC1. The summed E-state index contributed by atoms with van der Waals surface area (Å²) in [5.41, 5.74) is -0.329. The second kappa shape index (κ2) is 6.89. The van der Waals surface area contributed by atoms with Crippen LogP contribution in [0.4, 0.5) is 0 Å². The lowest BCUT2D eigenvalue weighted by molar-refractivity contribution is -0.0947. The van der Waals surface area contributed by atoms with Crippen LogP contribution in [0.25, 0.3) is 0 Å². The van der Waals surface area contributed by atoms with Crippen LogP contribution in [-0.4, -0.2) is 11.6 Å². The van der Waals surface area contributed by atoms with E-state index in [-0.39, 0.29) is 11.6 Å². The van der Waals surface area contributed by atoms with Gasteiger partial charge >= 0.3 is 5.97 Å². The van der Waals surface area contributed by atoms with Crippen LogP contribution in [0.15, 0.2) is 22.8 Å². The fraction of sp³-hybridized carbons (Fsp3) is 0.737. The van der Waals surface area contributed by atoms with E-state index in [0.29, 0.717) is 17.6 Å². The summed E-state index contributed by atoms with van der Waals surface area (Å²) >= 11 is 0. The third-order valence-electron chi connectivity index (χ3n) is 5.87. The molecule has 0 unspecified atom stereocenters. The summed E-state index contributed by atoms with van der Waals surface area (Å²) in [5.74, 6) is 1.05. The number of furan rings is 1. The number of hydrogen-bond acceptors (Lipinski definition) is 3. The van der Waals surface area contributed by atoms with Crippen molar-refractivity contribution in [3.8, 4) is 0 Å². The highest BCUT2D eigenvalue weighted by atomic mass is 16.6. The summed E-state index contributed by atoms with van der Waals surface area (Å²) in [5, 5.41) is 0. The third-order valence-corrected chi connectivity index (χ3v) is 5.87. The molecule has 0 amide bonds.